The van der Waals surface area contributed by atoms with Gasteiger partial charge in [0.05, 0.1) is 22.0 Å². The van der Waals surface area contributed by atoms with Crippen LogP contribution in [-0.2, 0) is 4.79 Å². The van der Waals surface area contributed by atoms with Gasteiger partial charge in [-0.15, -0.1) is 11.8 Å². The van der Waals surface area contributed by atoms with Gasteiger partial charge in [0, 0.05) is 5.69 Å². The Bertz CT molecular complexity index is 1070. The lowest BCUT2D eigenvalue weighted by Crippen LogP contribution is -2.28. The Balaban J connectivity index is 1.54. The van der Waals surface area contributed by atoms with E-state index in [9.17, 15) is 14.0 Å². The Kier molecular flexibility index (Phi) is 5.56. The molecule has 4 nitrogen and oxygen atoms in total. The molecule has 1 fully saturated rings. The molecule has 0 saturated carbocycles. The summed E-state index contributed by atoms with van der Waals surface area (Å²) in [5.74, 6) is -0.593. The molecule has 3 aromatic carbocycles. The van der Waals surface area contributed by atoms with Crippen LogP contribution in [0.5, 0.6) is 0 Å². The third kappa shape index (κ3) is 3.99. The molecule has 1 heterocycles. The highest BCUT2D eigenvalue weighted by atomic mass is 35.5. The number of carbonyl (C=O) groups is 2. The summed E-state index contributed by atoms with van der Waals surface area (Å²) in [5, 5.41) is 2.86. The number of carbonyl (C=O) groups excluding carboxylic acids is 2. The number of rotatable bonds is 4. The summed E-state index contributed by atoms with van der Waals surface area (Å²) >= 11 is 7.50. The van der Waals surface area contributed by atoms with Gasteiger partial charge in [-0.1, -0.05) is 48.0 Å². The number of para-hydroxylation sites is 1. The van der Waals surface area contributed by atoms with Crippen molar-refractivity contribution in [1.82, 2.24) is 0 Å². The molecule has 3 aromatic rings. The van der Waals surface area contributed by atoms with Gasteiger partial charge in [-0.05, 0) is 42.0 Å². The maximum atomic E-state index is 14.2. The van der Waals surface area contributed by atoms with Crippen LogP contribution < -0.4 is 10.2 Å². The summed E-state index contributed by atoms with van der Waals surface area (Å²) in [5.41, 5.74) is 2.11. The number of nitrogens with one attached hydrogen (secondary N) is 1. The summed E-state index contributed by atoms with van der Waals surface area (Å²) in [6, 6.07) is 20.2. The van der Waals surface area contributed by atoms with Crippen molar-refractivity contribution in [3.8, 4) is 0 Å². The fourth-order valence-electron chi connectivity index (χ4n) is 3.15. The van der Waals surface area contributed by atoms with Crippen molar-refractivity contribution in [3.63, 3.8) is 0 Å². The van der Waals surface area contributed by atoms with Crippen LogP contribution in [0.4, 0.5) is 15.8 Å². The predicted molar refractivity (Wildman–Crippen MR) is 115 cm³/mol. The molecular weight excluding hydrogens is 411 g/mol. The van der Waals surface area contributed by atoms with Gasteiger partial charge in [0.25, 0.3) is 5.91 Å². The smallest absolute Gasteiger partial charge is 0.257 e. The van der Waals surface area contributed by atoms with Crippen molar-refractivity contribution in [2.24, 2.45) is 0 Å². The summed E-state index contributed by atoms with van der Waals surface area (Å²) in [4.78, 5) is 26.3. The van der Waals surface area contributed by atoms with Crippen molar-refractivity contribution < 1.29 is 14.0 Å². The van der Waals surface area contributed by atoms with Crippen LogP contribution in [0.15, 0.2) is 72.8 Å². The van der Waals surface area contributed by atoms with Crippen LogP contribution in [0.3, 0.4) is 0 Å². The number of hydrogen-bond acceptors (Lipinski definition) is 3. The monoisotopic (exact) mass is 426 g/mol. The molecule has 29 heavy (non-hydrogen) atoms. The summed E-state index contributed by atoms with van der Waals surface area (Å²) in [6.45, 7) is 0. The number of hydrogen-bond donors (Lipinski definition) is 1. The van der Waals surface area contributed by atoms with E-state index in [1.165, 1.54) is 22.7 Å². The van der Waals surface area contributed by atoms with E-state index < -0.39 is 5.82 Å². The zero-order valence-electron chi connectivity index (χ0n) is 15.1. The van der Waals surface area contributed by atoms with Crippen LogP contribution in [0.2, 0.25) is 5.02 Å². The van der Waals surface area contributed by atoms with Gasteiger partial charge in [0.1, 0.15) is 11.2 Å². The highest BCUT2D eigenvalue weighted by molar-refractivity contribution is 8.00. The summed E-state index contributed by atoms with van der Waals surface area (Å²) in [7, 11) is 0. The van der Waals surface area contributed by atoms with E-state index in [0.29, 0.717) is 16.3 Å². The Morgan fingerprint density at radius 2 is 1.72 bits per heavy atom. The van der Waals surface area contributed by atoms with Gasteiger partial charge >= 0.3 is 0 Å². The van der Waals surface area contributed by atoms with Gasteiger partial charge < -0.3 is 5.32 Å². The second kappa shape index (κ2) is 8.27. The van der Waals surface area contributed by atoms with Crippen LogP contribution >= 0.6 is 23.4 Å². The maximum absolute atomic E-state index is 14.2. The fourth-order valence-corrected chi connectivity index (χ4v) is 4.54. The van der Waals surface area contributed by atoms with Crippen LogP contribution in [0.1, 0.15) is 21.3 Å². The van der Waals surface area contributed by atoms with Crippen LogP contribution in [0.25, 0.3) is 0 Å². The van der Waals surface area contributed by atoms with Crippen molar-refractivity contribution in [3.05, 3.63) is 94.8 Å². The normalized spacial score (nSPS) is 16.1. The molecule has 0 spiro atoms. The van der Waals surface area contributed by atoms with Gasteiger partial charge in [0.2, 0.25) is 5.91 Å². The molecular formula is C22H16ClFN2O2S. The minimum absolute atomic E-state index is 0.138. The molecule has 0 aliphatic carbocycles. The molecule has 0 radical (unpaired) electrons. The molecule has 0 bridgehead atoms. The molecule has 1 aliphatic rings. The second-order valence-corrected chi connectivity index (χ2v) is 7.91. The first-order chi connectivity index (χ1) is 14.0. The molecule has 1 saturated heterocycles. The first-order valence-corrected chi connectivity index (χ1v) is 10.3. The highest BCUT2D eigenvalue weighted by Crippen LogP contribution is 2.42. The van der Waals surface area contributed by atoms with Crippen molar-refractivity contribution in [2.45, 2.75) is 5.37 Å². The SMILES string of the molecule is O=C(Nc1ccc([C@@H]2SCC(=O)N2c2ccccc2F)cc1)c1ccccc1Cl. The minimum Gasteiger partial charge on any atom is -0.322 e. The van der Waals surface area contributed by atoms with Crippen molar-refractivity contribution in [1.29, 1.82) is 0 Å². The quantitative estimate of drug-likeness (QED) is 0.598. The minimum atomic E-state index is -0.433. The number of thioether (sulfide) groups is 1. The van der Waals surface area contributed by atoms with E-state index in [1.807, 2.05) is 12.1 Å². The average Bonchev–Trinajstić information content (AvgIpc) is 3.10. The van der Waals surface area contributed by atoms with E-state index >= 15 is 0 Å². The molecule has 1 N–H and O–H groups in total. The summed E-state index contributed by atoms with van der Waals surface area (Å²) in [6.07, 6.45) is 0. The van der Waals surface area contributed by atoms with E-state index in [-0.39, 0.29) is 28.6 Å². The molecule has 7 heteroatoms. The molecule has 1 atom stereocenters. The largest absolute Gasteiger partial charge is 0.322 e. The van der Waals surface area contributed by atoms with Gasteiger partial charge in [-0.2, -0.15) is 0 Å². The number of amides is 2. The number of anilines is 2. The lowest BCUT2D eigenvalue weighted by atomic mass is 10.1. The Labute approximate surface area is 176 Å². The zero-order chi connectivity index (χ0) is 20.4. The lowest BCUT2D eigenvalue weighted by Gasteiger charge is -2.24. The first-order valence-electron chi connectivity index (χ1n) is 8.88. The second-order valence-electron chi connectivity index (χ2n) is 6.43. The number of benzene rings is 3. The van der Waals surface area contributed by atoms with E-state index in [2.05, 4.69) is 5.32 Å². The molecule has 4 rings (SSSR count). The van der Waals surface area contributed by atoms with E-state index in [1.54, 1.807) is 54.6 Å². The van der Waals surface area contributed by atoms with Crippen LogP contribution in [-0.4, -0.2) is 17.6 Å². The van der Waals surface area contributed by atoms with Crippen LogP contribution in [0, 0.1) is 5.82 Å². The Hall–Kier alpha value is -2.83. The van der Waals surface area contributed by atoms with Gasteiger partial charge in [-0.3, -0.25) is 14.5 Å². The zero-order valence-corrected chi connectivity index (χ0v) is 16.7. The number of nitrogens with zero attached hydrogens (tertiary/aromatic N) is 1. The first kappa shape index (κ1) is 19.5. The van der Waals surface area contributed by atoms with Gasteiger partial charge in [0.15, 0.2) is 0 Å². The number of halogens is 2. The molecule has 0 unspecified atom stereocenters. The third-order valence-corrected chi connectivity index (χ3v) is 6.09. The van der Waals surface area contributed by atoms with Crippen molar-refractivity contribution >= 4 is 46.6 Å². The van der Waals surface area contributed by atoms with E-state index in [4.69, 9.17) is 11.6 Å². The maximum Gasteiger partial charge on any atom is 0.257 e. The lowest BCUT2D eigenvalue weighted by molar-refractivity contribution is -0.115. The molecule has 2 amide bonds. The average molecular weight is 427 g/mol. The molecule has 146 valence electrons. The summed E-state index contributed by atoms with van der Waals surface area (Å²) < 4.78 is 14.2. The molecule has 1 aliphatic heterocycles. The van der Waals surface area contributed by atoms with Gasteiger partial charge in [-0.25, -0.2) is 4.39 Å². The van der Waals surface area contributed by atoms with Crippen molar-refractivity contribution in [2.75, 3.05) is 16.0 Å². The predicted octanol–water partition coefficient (Wildman–Crippen LogP) is 5.51. The Morgan fingerprint density at radius 3 is 2.45 bits per heavy atom. The standard InChI is InChI=1S/C22H16ClFN2O2S/c23-17-6-2-1-5-16(17)21(28)25-15-11-9-14(10-12-15)22-26(20(27)13-29-22)19-8-4-3-7-18(19)24/h1-12,22H,13H2,(H,25,28)/t22-/m0/s1. The third-order valence-electron chi connectivity index (χ3n) is 4.55. The Morgan fingerprint density at radius 1 is 1.03 bits per heavy atom. The van der Waals surface area contributed by atoms with E-state index in [0.717, 1.165) is 5.56 Å². The molecule has 0 aromatic heterocycles. The fraction of sp³-hybridized carbons (Fsp3) is 0.0909. The highest BCUT2D eigenvalue weighted by Gasteiger charge is 2.35. The topological polar surface area (TPSA) is 49.4 Å².